The molecule has 1 aliphatic carbocycles. The Morgan fingerprint density at radius 2 is 2.12 bits per heavy atom. The number of aliphatic carboxylic acids is 1. The van der Waals surface area contributed by atoms with E-state index in [0.29, 0.717) is 18.5 Å². The van der Waals surface area contributed by atoms with Gasteiger partial charge in [0.15, 0.2) is 5.78 Å². The Morgan fingerprint density at radius 3 is 2.75 bits per heavy atom. The largest absolute Gasteiger partial charge is 0.478 e. The van der Waals surface area contributed by atoms with E-state index in [2.05, 4.69) is 12.6 Å². The van der Waals surface area contributed by atoms with Crippen LogP contribution in [-0.2, 0) is 9.59 Å². The average molecular weight is 353 g/mol. The molecular formula is C18H20FNO3S. The van der Waals surface area contributed by atoms with Gasteiger partial charge in [0.25, 0.3) is 0 Å². The molecule has 4 nitrogen and oxygen atoms in total. The fraction of sp³-hybridized carbons (Fsp3) is 0.444. The van der Waals surface area contributed by atoms with E-state index in [9.17, 15) is 14.0 Å². The number of piperidine rings is 1. The zero-order chi connectivity index (χ0) is 20.9. The van der Waals surface area contributed by atoms with Crippen LogP contribution in [0.2, 0.25) is 0 Å². The van der Waals surface area contributed by atoms with Gasteiger partial charge in [-0.15, -0.1) is 0 Å². The number of carbonyl (C=O) groups excluding carboxylic acids is 1. The highest BCUT2D eigenvalue weighted by Gasteiger charge is 2.40. The normalized spacial score (nSPS) is 31.4. The molecule has 2 fully saturated rings. The van der Waals surface area contributed by atoms with Gasteiger partial charge in [0.05, 0.1) is 6.04 Å². The summed E-state index contributed by atoms with van der Waals surface area (Å²) in [7, 11) is 0. The van der Waals surface area contributed by atoms with Crippen LogP contribution in [0, 0.1) is 11.7 Å². The van der Waals surface area contributed by atoms with Crippen LogP contribution >= 0.6 is 12.6 Å². The number of halogens is 1. The summed E-state index contributed by atoms with van der Waals surface area (Å²) in [5, 5.41) is 8.74. The summed E-state index contributed by atoms with van der Waals surface area (Å²) in [5.74, 6) is -4.06. The molecule has 1 saturated heterocycles. The molecule has 24 heavy (non-hydrogen) atoms. The number of ketones is 1. The Balaban J connectivity index is 2.00. The number of carboxylic acid groups (broad SMARTS) is 1. The standard InChI is InChI=1S/C18H20FNO3S/c19-14-4-2-1-3-13(14)17(18(23)11-5-6-11)20-8-7-15(24)12(10-20)9-16(21)22/h1-4,9,11,15,17,24H,5-8,10H2,(H,21,22)/b12-9-/i5D2,6D2. The monoisotopic (exact) mass is 353 g/mol. The first-order valence-electron chi connectivity index (χ1n) is 9.62. The minimum atomic E-state index is -2.32. The maximum atomic E-state index is 14.5. The smallest absolute Gasteiger partial charge is 0.328 e. The van der Waals surface area contributed by atoms with E-state index in [0.717, 1.165) is 6.08 Å². The topological polar surface area (TPSA) is 57.6 Å². The fourth-order valence-electron chi connectivity index (χ4n) is 2.98. The van der Waals surface area contributed by atoms with Gasteiger partial charge in [-0.05, 0) is 30.8 Å². The number of nitrogens with zero attached hydrogens (tertiary/aromatic N) is 1. The quantitative estimate of drug-likeness (QED) is 0.631. The Morgan fingerprint density at radius 1 is 1.42 bits per heavy atom. The molecule has 1 aliphatic heterocycles. The molecule has 0 bridgehead atoms. The Labute approximate surface area is 151 Å². The number of hydrogen-bond acceptors (Lipinski definition) is 4. The average Bonchev–Trinajstić information content (AvgIpc) is 3.00. The number of benzene rings is 1. The number of Topliss-reactive ketones (excluding diaryl/α,β-unsaturated/α-hetero) is 1. The minimum Gasteiger partial charge on any atom is -0.478 e. The molecule has 2 unspecified atom stereocenters. The first-order chi connectivity index (χ1) is 13.0. The molecule has 0 aromatic heterocycles. The van der Waals surface area contributed by atoms with Crippen LogP contribution in [0.15, 0.2) is 35.9 Å². The summed E-state index contributed by atoms with van der Waals surface area (Å²) < 4.78 is 45.7. The first-order valence-corrected chi connectivity index (χ1v) is 8.13. The van der Waals surface area contributed by atoms with Crippen LogP contribution < -0.4 is 0 Å². The van der Waals surface area contributed by atoms with Gasteiger partial charge in [0.1, 0.15) is 5.82 Å². The van der Waals surface area contributed by atoms with Crippen LogP contribution in [-0.4, -0.2) is 40.1 Å². The van der Waals surface area contributed by atoms with Gasteiger partial charge in [-0.2, -0.15) is 12.6 Å². The van der Waals surface area contributed by atoms with Gasteiger partial charge < -0.3 is 5.11 Å². The van der Waals surface area contributed by atoms with E-state index in [1.54, 1.807) is 11.0 Å². The lowest BCUT2D eigenvalue weighted by Gasteiger charge is -2.37. The molecule has 0 spiro atoms. The van der Waals surface area contributed by atoms with Crippen molar-refractivity contribution in [2.24, 2.45) is 5.92 Å². The van der Waals surface area contributed by atoms with Crippen molar-refractivity contribution in [1.29, 1.82) is 0 Å². The van der Waals surface area contributed by atoms with E-state index >= 15 is 0 Å². The second-order valence-corrected chi connectivity index (χ2v) is 6.50. The van der Waals surface area contributed by atoms with Gasteiger partial charge in [-0.3, -0.25) is 9.69 Å². The second kappa shape index (κ2) is 7.07. The molecular weight excluding hydrogens is 329 g/mol. The summed E-state index contributed by atoms with van der Waals surface area (Å²) in [6, 6.07) is 4.40. The Kier molecular flexibility index (Phi) is 3.73. The number of carboxylic acids is 1. The summed E-state index contributed by atoms with van der Waals surface area (Å²) >= 11 is 4.37. The van der Waals surface area contributed by atoms with Gasteiger partial charge in [0, 0.05) is 41.4 Å². The number of likely N-dealkylation sites (tertiary alicyclic amines) is 1. The van der Waals surface area contributed by atoms with Crippen molar-refractivity contribution in [1.82, 2.24) is 4.90 Å². The minimum absolute atomic E-state index is 0.0262. The fourth-order valence-corrected chi connectivity index (χ4v) is 3.25. The predicted octanol–water partition coefficient (Wildman–Crippen LogP) is 2.86. The Bertz CT molecular complexity index is 834. The highest BCUT2D eigenvalue weighted by molar-refractivity contribution is 7.81. The number of thiol groups is 1. The number of rotatable bonds is 5. The molecule has 1 aromatic rings. The molecule has 3 rings (SSSR count). The van der Waals surface area contributed by atoms with Crippen molar-refractivity contribution in [3.63, 3.8) is 0 Å². The number of carbonyl (C=O) groups is 2. The summed E-state index contributed by atoms with van der Waals surface area (Å²) in [5.41, 5.74) is 0.483. The number of hydrogen-bond donors (Lipinski definition) is 2. The van der Waals surface area contributed by atoms with Gasteiger partial charge >= 0.3 is 5.97 Å². The maximum Gasteiger partial charge on any atom is 0.328 e. The first kappa shape index (κ1) is 12.7. The van der Waals surface area contributed by atoms with E-state index in [1.165, 1.54) is 18.2 Å². The van der Waals surface area contributed by atoms with E-state index in [-0.39, 0.29) is 17.4 Å². The lowest BCUT2D eigenvalue weighted by molar-refractivity contribution is -0.131. The van der Waals surface area contributed by atoms with Crippen molar-refractivity contribution < 1.29 is 24.6 Å². The highest BCUT2D eigenvalue weighted by atomic mass is 32.1. The van der Waals surface area contributed by atoms with E-state index in [1.807, 2.05) is 0 Å². The summed E-state index contributed by atoms with van der Waals surface area (Å²) in [4.78, 5) is 25.8. The van der Waals surface area contributed by atoms with Crippen molar-refractivity contribution in [3.05, 3.63) is 47.3 Å². The van der Waals surface area contributed by atoms with Crippen LogP contribution in [0.4, 0.5) is 4.39 Å². The van der Waals surface area contributed by atoms with Gasteiger partial charge in [0.2, 0.25) is 0 Å². The van der Waals surface area contributed by atoms with Crippen molar-refractivity contribution in [3.8, 4) is 0 Å². The van der Waals surface area contributed by atoms with E-state index < -0.39 is 42.3 Å². The van der Waals surface area contributed by atoms with Crippen LogP contribution in [0.25, 0.3) is 0 Å². The third-order valence-corrected chi connectivity index (χ3v) is 4.81. The molecule has 0 amide bonds. The lowest BCUT2D eigenvalue weighted by atomic mass is 9.93. The predicted molar refractivity (Wildman–Crippen MR) is 91.6 cm³/mol. The summed E-state index contributed by atoms with van der Waals surface area (Å²) in [6.45, 7) is 0.360. The molecule has 1 saturated carbocycles. The highest BCUT2D eigenvalue weighted by Crippen LogP contribution is 2.39. The third kappa shape index (κ3) is 3.70. The summed E-state index contributed by atoms with van der Waals surface area (Å²) in [6.07, 6.45) is -3.21. The molecule has 1 N–H and O–H groups in total. The zero-order valence-electron chi connectivity index (χ0n) is 16.8. The van der Waals surface area contributed by atoms with Crippen LogP contribution in [0.5, 0.6) is 0 Å². The van der Waals surface area contributed by atoms with Crippen LogP contribution in [0.3, 0.4) is 0 Å². The van der Waals surface area contributed by atoms with Gasteiger partial charge in [-0.1, -0.05) is 18.2 Å². The van der Waals surface area contributed by atoms with Crippen molar-refractivity contribution in [2.75, 3.05) is 13.1 Å². The van der Waals surface area contributed by atoms with Crippen LogP contribution in [0.1, 0.15) is 36.3 Å². The van der Waals surface area contributed by atoms with E-state index in [4.69, 9.17) is 10.6 Å². The zero-order valence-corrected chi connectivity index (χ0v) is 13.7. The molecule has 1 aromatic carbocycles. The second-order valence-electron chi connectivity index (χ2n) is 5.88. The molecule has 0 radical (unpaired) electrons. The van der Waals surface area contributed by atoms with Gasteiger partial charge in [-0.25, -0.2) is 9.18 Å². The third-order valence-electron chi connectivity index (χ3n) is 4.22. The molecule has 1 heterocycles. The molecule has 2 aliphatic rings. The molecule has 2 atom stereocenters. The Hall–Kier alpha value is -1.66. The van der Waals surface area contributed by atoms with Crippen molar-refractivity contribution >= 4 is 24.4 Å². The lowest BCUT2D eigenvalue weighted by Crippen LogP contribution is -2.42. The SMILES string of the molecule is [2H]C1([2H])C(C(=O)C(c2ccccc2F)N2CCC(S)/C(=C\C(=O)O)C2)C1([2H])[2H]. The molecule has 128 valence electrons. The van der Waals surface area contributed by atoms with Crippen molar-refractivity contribution in [2.45, 2.75) is 30.5 Å². The maximum absolute atomic E-state index is 14.5. The molecule has 6 heteroatoms.